The third kappa shape index (κ3) is 6.45. The highest BCUT2D eigenvalue weighted by atomic mass is 32.1. The van der Waals surface area contributed by atoms with E-state index in [4.69, 9.17) is 5.73 Å². The highest BCUT2D eigenvalue weighted by molar-refractivity contribution is 7.13. The summed E-state index contributed by atoms with van der Waals surface area (Å²) in [6, 6.07) is 5.39. The first-order chi connectivity index (χ1) is 16.4. The molecule has 5 N–H and O–H groups in total. The highest BCUT2D eigenvalue weighted by Crippen LogP contribution is 2.28. The van der Waals surface area contributed by atoms with Gasteiger partial charge < -0.3 is 26.4 Å². The molecule has 1 fully saturated rings. The molecular weight excluding hydrogens is 466 g/mol. The minimum absolute atomic E-state index is 0.0282. The number of rotatable bonds is 7. The van der Waals surface area contributed by atoms with Gasteiger partial charge in [-0.2, -0.15) is 0 Å². The van der Waals surface area contributed by atoms with Crippen LogP contribution in [0.15, 0.2) is 29.8 Å². The Morgan fingerprint density at radius 2 is 1.91 bits per heavy atom. The van der Waals surface area contributed by atoms with E-state index in [2.05, 4.69) is 15.6 Å². The molecule has 1 aliphatic rings. The maximum absolute atomic E-state index is 13.4. The van der Waals surface area contributed by atoms with Gasteiger partial charge in [-0.1, -0.05) is 45.0 Å². The third-order valence-electron chi connectivity index (χ3n) is 6.11. The molecular formula is C25H35N5O4S. The molecule has 9 nitrogen and oxygen atoms in total. The zero-order valence-corrected chi connectivity index (χ0v) is 21.7. The van der Waals surface area contributed by atoms with Crippen molar-refractivity contribution in [1.82, 2.24) is 20.5 Å². The standard InChI is InChI=1S/C25H35N5O4S/c1-14(26)22(32)29-21(25(3,4)5)24(34)30-12-18(31)10-19(30)23(33)27-11-16-6-8-17(9-7-16)20-15(2)28-13-35-20/h6-9,13-14,18-19,21,31H,10-12,26H2,1-5H3,(H,27,33)(H,29,32)/t14-,18+,19-,21?/m0/s1. The van der Waals surface area contributed by atoms with Crippen LogP contribution in [-0.2, 0) is 20.9 Å². The van der Waals surface area contributed by atoms with Crippen LogP contribution < -0.4 is 16.4 Å². The van der Waals surface area contributed by atoms with Gasteiger partial charge in [0.05, 0.1) is 28.2 Å². The van der Waals surface area contributed by atoms with Gasteiger partial charge in [0.15, 0.2) is 0 Å². The Labute approximate surface area is 210 Å². The van der Waals surface area contributed by atoms with Crippen LogP contribution >= 0.6 is 11.3 Å². The van der Waals surface area contributed by atoms with E-state index in [1.54, 1.807) is 18.3 Å². The van der Waals surface area contributed by atoms with Gasteiger partial charge >= 0.3 is 0 Å². The lowest BCUT2D eigenvalue weighted by molar-refractivity contribution is -0.144. The molecule has 1 saturated heterocycles. The fraction of sp³-hybridized carbons (Fsp3) is 0.520. The summed E-state index contributed by atoms with van der Waals surface area (Å²) < 4.78 is 0. The quantitative estimate of drug-likeness (QED) is 0.455. The van der Waals surface area contributed by atoms with Gasteiger partial charge in [-0.05, 0) is 30.4 Å². The average molecular weight is 502 g/mol. The lowest BCUT2D eigenvalue weighted by atomic mass is 9.85. The number of amides is 3. The second kappa shape index (κ2) is 10.8. The van der Waals surface area contributed by atoms with E-state index in [1.165, 1.54) is 4.90 Å². The van der Waals surface area contributed by atoms with Crippen molar-refractivity contribution in [3.8, 4) is 10.4 Å². The van der Waals surface area contributed by atoms with Crippen LogP contribution in [0.5, 0.6) is 0 Å². The smallest absolute Gasteiger partial charge is 0.246 e. The maximum atomic E-state index is 13.4. The zero-order chi connectivity index (χ0) is 25.9. The molecule has 0 aliphatic carbocycles. The number of benzene rings is 1. The summed E-state index contributed by atoms with van der Waals surface area (Å²) in [6.45, 7) is 9.32. The van der Waals surface area contributed by atoms with Crippen molar-refractivity contribution in [2.45, 2.75) is 71.8 Å². The normalized spacial score (nSPS) is 19.8. The van der Waals surface area contributed by atoms with E-state index in [-0.39, 0.29) is 18.9 Å². The molecule has 1 aliphatic heterocycles. The Morgan fingerprint density at radius 1 is 1.26 bits per heavy atom. The number of aromatic nitrogens is 1. The lowest BCUT2D eigenvalue weighted by Crippen LogP contribution is -2.59. The van der Waals surface area contributed by atoms with Crippen LogP contribution in [0.25, 0.3) is 10.4 Å². The summed E-state index contributed by atoms with van der Waals surface area (Å²) in [5.41, 5.74) is 9.83. The van der Waals surface area contributed by atoms with Crippen molar-refractivity contribution in [3.05, 3.63) is 41.0 Å². The van der Waals surface area contributed by atoms with Gasteiger partial charge in [-0.25, -0.2) is 4.98 Å². The SMILES string of the molecule is Cc1ncsc1-c1ccc(CNC(=O)[C@@H]2C[C@@H](O)CN2C(=O)C(NC(=O)[C@H](C)N)C(C)(C)C)cc1. The number of carbonyl (C=O) groups is 3. The molecule has 190 valence electrons. The number of nitrogens with two attached hydrogens (primary N) is 1. The summed E-state index contributed by atoms with van der Waals surface area (Å²) in [7, 11) is 0. The number of nitrogens with zero attached hydrogens (tertiary/aromatic N) is 2. The van der Waals surface area contributed by atoms with Gasteiger partial charge in [0.1, 0.15) is 12.1 Å². The number of aliphatic hydroxyl groups is 1. The van der Waals surface area contributed by atoms with E-state index in [9.17, 15) is 19.5 Å². The number of β-amino-alcohol motifs (C(OH)–C–C–N with tert-alkyl or cyclic N) is 1. The first-order valence-electron chi connectivity index (χ1n) is 11.7. The van der Waals surface area contributed by atoms with Crippen LogP contribution in [0.1, 0.15) is 45.4 Å². The van der Waals surface area contributed by atoms with Crippen LogP contribution in [0, 0.1) is 12.3 Å². The number of nitrogens with one attached hydrogen (secondary N) is 2. The fourth-order valence-corrected chi connectivity index (χ4v) is 4.87. The number of aryl methyl sites for hydroxylation is 1. The van der Waals surface area contributed by atoms with E-state index in [0.29, 0.717) is 6.54 Å². The molecule has 2 heterocycles. The van der Waals surface area contributed by atoms with Crippen molar-refractivity contribution in [3.63, 3.8) is 0 Å². The number of hydrogen-bond donors (Lipinski definition) is 4. The van der Waals surface area contributed by atoms with Crippen LogP contribution in [0.2, 0.25) is 0 Å². The van der Waals surface area contributed by atoms with Gasteiger partial charge in [-0.15, -0.1) is 11.3 Å². The van der Waals surface area contributed by atoms with Gasteiger partial charge in [0, 0.05) is 19.5 Å². The van der Waals surface area contributed by atoms with E-state index >= 15 is 0 Å². The largest absolute Gasteiger partial charge is 0.391 e. The van der Waals surface area contributed by atoms with Crippen molar-refractivity contribution in [2.75, 3.05) is 6.54 Å². The predicted molar refractivity (Wildman–Crippen MR) is 135 cm³/mol. The molecule has 3 amide bonds. The Balaban J connectivity index is 1.68. The minimum atomic E-state index is -0.885. The van der Waals surface area contributed by atoms with E-state index < -0.39 is 41.5 Å². The molecule has 3 rings (SSSR count). The second-order valence-corrected chi connectivity index (χ2v) is 11.0. The van der Waals surface area contributed by atoms with Crippen LogP contribution in [0.4, 0.5) is 0 Å². The number of thiazole rings is 1. The number of aliphatic hydroxyl groups excluding tert-OH is 1. The Bertz CT molecular complexity index is 1060. The van der Waals surface area contributed by atoms with Crippen LogP contribution in [0.3, 0.4) is 0 Å². The molecule has 2 aromatic rings. The van der Waals surface area contributed by atoms with Crippen molar-refractivity contribution >= 4 is 29.1 Å². The monoisotopic (exact) mass is 501 g/mol. The van der Waals surface area contributed by atoms with E-state index in [1.807, 2.05) is 57.5 Å². The molecule has 1 aromatic carbocycles. The van der Waals surface area contributed by atoms with E-state index in [0.717, 1.165) is 21.7 Å². The molecule has 0 spiro atoms. The molecule has 1 aromatic heterocycles. The minimum Gasteiger partial charge on any atom is -0.391 e. The number of hydrogen-bond acceptors (Lipinski definition) is 7. The molecule has 1 unspecified atom stereocenters. The lowest BCUT2D eigenvalue weighted by Gasteiger charge is -2.35. The van der Waals surface area contributed by atoms with Crippen molar-refractivity contribution in [2.24, 2.45) is 11.1 Å². The molecule has 0 saturated carbocycles. The summed E-state index contributed by atoms with van der Waals surface area (Å²) >= 11 is 1.58. The second-order valence-electron chi connectivity index (χ2n) is 10.2. The van der Waals surface area contributed by atoms with Gasteiger partial charge in [0.2, 0.25) is 17.7 Å². The van der Waals surface area contributed by atoms with Crippen molar-refractivity contribution in [1.29, 1.82) is 0 Å². The molecule has 0 radical (unpaired) electrons. The molecule has 4 atom stereocenters. The average Bonchev–Trinajstić information content (AvgIpc) is 3.40. The first kappa shape index (κ1) is 26.8. The summed E-state index contributed by atoms with van der Waals surface area (Å²) in [4.78, 5) is 45.5. The predicted octanol–water partition coefficient (Wildman–Crippen LogP) is 1.57. The molecule has 0 bridgehead atoms. The Morgan fingerprint density at radius 3 is 2.46 bits per heavy atom. The first-order valence-corrected chi connectivity index (χ1v) is 12.6. The summed E-state index contributed by atoms with van der Waals surface area (Å²) in [6.07, 6.45) is -0.680. The molecule has 10 heteroatoms. The van der Waals surface area contributed by atoms with Crippen molar-refractivity contribution < 1.29 is 19.5 Å². The number of carbonyl (C=O) groups excluding carboxylic acids is 3. The van der Waals surface area contributed by atoms with Gasteiger partial charge in [0.25, 0.3) is 0 Å². The fourth-order valence-electron chi connectivity index (χ4n) is 4.05. The Hall–Kier alpha value is -2.82. The summed E-state index contributed by atoms with van der Waals surface area (Å²) in [5.74, 6) is -1.20. The van der Waals surface area contributed by atoms with Crippen LogP contribution in [-0.4, -0.2) is 63.5 Å². The topological polar surface area (TPSA) is 138 Å². The zero-order valence-electron chi connectivity index (χ0n) is 20.9. The third-order valence-corrected chi connectivity index (χ3v) is 7.08. The summed E-state index contributed by atoms with van der Waals surface area (Å²) in [5, 5.41) is 15.9. The van der Waals surface area contributed by atoms with Gasteiger partial charge in [-0.3, -0.25) is 14.4 Å². The number of likely N-dealkylation sites (tertiary alicyclic amines) is 1. The maximum Gasteiger partial charge on any atom is 0.246 e. The molecule has 35 heavy (non-hydrogen) atoms. The Kier molecular flexibility index (Phi) is 8.30. The highest BCUT2D eigenvalue weighted by Gasteiger charge is 2.44.